The minimum Gasteiger partial charge on any atom is -0.481 e. The number of rotatable bonds is 4. The maximum atomic E-state index is 11.5. The van der Waals surface area contributed by atoms with E-state index in [-0.39, 0.29) is 54.3 Å². The van der Waals surface area contributed by atoms with Gasteiger partial charge in [0.15, 0.2) is 5.79 Å². The summed E-state index contributed by atoms with van der Waals surface area (Å²) in [7, 11) is 0. The number of aliphatic hydroxyl groups is 5. The quantitative estimate of drug-likeness (QED) is 0.366. The first-order chi connectivity index (χ1) is 14.3. The summed E-state index contributed by atoms with van der Waals surface area (Å²) in [5.41, 5.74) is -0.789. The number of aliphatic carboxylic acids is 1. The SMILES string of the molecule is C[C@H](CCC(=O)O)[C@H]1CC[C@H]2[C@@H]3[C@H](O)[C@H](O)[C@@H]4CC(O)(O)CC[C@]4(C)[C@H]3C[C@H](O)[C@]12C. The molecule has 4 saturated carbocycles. The monoisotopic (exact) mass is 440 g/mol. The molecule has 31 heavy (non-hydrogen) atoms. The zero-order valence-corrected chi connectivity index (χ0v) is 18.9. The Morgan fingerprint density at radius 3 is 2.32 bits per heavy atom. The molecule has 0 aromatic heterocycles. The van der Waals surface area contributed by atoms with Crippen molar-refractivity contribution in [1.82, 2.24) is 0 Å². The molecule has 4 rings (SSSR count). The van der Waals surface area contributed by atoms with Crippen molar-refractivity contribution in [2.75, 3.05) is 0 Å². The van der Waals surface area contributed by atoms with Crippen LogP contribution in [0.5, 0.6) is 0 Å². The summed E-state index contributed by atoms with van der Waals surface area (Å²) >= 11 is 0. The lowest BCUT2D eigenvalue weighted by Crippen LogP contribution is -2.67. The molecular formula is C24H40O7. The van der Waals surface area contributed by atoms with Crippen LogP contribution in [0.1, 0.15) is 72.1 Å². The van der Waals surface area contributed by atoms with Gasteiger partial charge in [-0.2, -0.15) is 0 Å². The lowest BCUT2D eigenvalue weighted by atomic mass is 9.42. The highest BCUT2D eigenvalue weighted by atomic mass is 16.5. The first-order valence-corrected chi connectivity index (χ1v) is 12.0. The van der Waals surface area contributed by atoms with Gasteiger partial charge in [-0.3, -0.25) is 4.79 Å². The van der Waals surface area contributed by atoms with Crippen molar-refractivity contribution in [2.45, 2.75) is 96.2 Å². The Bertz CT molecular complexity index is 710. The highest BCUT2D eigenvalue weighted by molar-refractivity contribution is 5.66. The molecule has 0 unspecified atom stereocenters. The molecule has 0 amide bonds. The number of carbonyl (C=O) groups is 1. The van der Waals surface area contributed by atoms with E-state index >= 15 is 0 Å². The van der Waals surface area contributed by atoms with E-state index in [2.05, 4.69) is 20.8 Å². The molecule has 0 radical (unpaired) electrons. The Hall–Kier alpha value is -0.730. The van der Waals surface area contributed by atoms with Crippen LogP contribution in [0.2, 0.25) is 0 Å². The minimum absolute atomic E-state index is 0.00755. The van der Waals surface area contributed by atoms with Crippen molar-refractivity contribution in [1.29, 1.82) is 0 Å². The molecule has 0 aliphatic heterocycles. The molecule has 4 aliphatic rings. The topological polar surface area (TPSA) is 138 Å². The summed E-state index contributed by atoms with van der Waals surface area (Å²) in [4.78, 5) is 11.1. The van der Waals surface area contributed by atoms with Crippen LogP contribution in [0.3, 0.4) is 0 Å². The van der Waals surface area contributed by atoms with Gasteiger partial charge < -0.3 is 30.6 Å². The standard InChI is InChI=1S/C24H40O7/c1-12(4-7-18(26)27)13-5-6-14-19-15(10-17(25)23(13,14)3)22(2)8-9-24(30,31)11-16(22)20(28)21(19)29/h12-17,19-21,25,28-31H,4-11H2,1-3H3,(H,26,27)/t12-,13-,14+,15+,16+,17+,19+,20-,21+,22-,23-/m1/s1. The van der Waals surface area contributed by atoms with E-state index in [1.807, 2.05) is 0 Å². The number of hydrogen-bond donors (Lipinski definition) is 6. The van der Waals surface area contributed by atoms with Gasteiger partial charge in [0, 0.05) is 19.3 Å². The average Bonchev–Trinajstić information content (AvgIpc) is 3.05. The first kappa shape index (κ1) is 23.4. The lowest BCUT2D eigenvalue weighted by Gasteiger charge is -2.65. The smallest absolute Gasteiger partial charge is 0.303 e. The fraction of sp³-hybridized carbons (Fsp3) is 0.958. The number of fused-ring (bicyclic) bond motifs is 5. The normalized spacial score (nSPS) is 52.0. The van der Waals surface area contributed by atoms with E-state index < -0.39 is 41.4 Å². The summed E-state index contributed by atoms with van der Waals surface area (Å²) in [5, 5.41) is 63.4. The summed E-state index contributed by atoms with van der Waals surface area (Å²) in [5.74, 6) is -2.80. The number of hydrogen-bond acceptors (Lipinski definition) is 6. The third-order valence-electron chi connectivity index (χ3n) is 10.5. The largest absolute Gasteiger partial charge is 0.481 e. The van der Waals surface area contributed by atoms with Crippen molar-refractivity contribution < 1.29 is 35.4 Å². The summed E-state index contributed by atoms with van der Waals surface area (Å²) < 4.78 is 0. The molecule has 11 atom stereocenters. The van der Waals surface area contributed by atoms with Crippen LogP contribution in [0, 0.1) is 46.3 Å². The predicted molar refractivity (Wildman–Crippen MR) is 113 cm³/mol. The van der Waals surface area contributed by atoms with Gasteiger partial charge in [-0.25, -0.2) is 0 Å². The first-order valence-electron chi connectivity index (χ1n) is 12.0. The number of carboxylic acid groups (broad SMARTS) is 1. The van der Waals surface area contributed by atoms with Crippen molar-refractivity contribution in [2.24, 2.45) is 46.3 Å². The van der Waals surface area contributed by atoms with Crippen molar-refractivity contribution in [3.05, 3.63) is 0 Å². The zero-order valence-electron chi connectivity index (χ0n) is 18.9. The lowest BCUT2D eigenvalue weighted by molar-refractivity contribution is -0.281. The summed E-state index contributed by atoms with van der Waals surface area (Å²) in [6, 6.07) is 0. The molecule has 0 spiro atoms. The Morgan fingerprint density at radius 2 is 1.68 bits per heavy atom. The van der Waals surface area contributed by atoms with Crippen LogP contribution in [-0.4, -0.2) is 60.7 Å². The molecule has 0 aromatic carbocycles. The van der Waals surface area contributed by atoms with Crippen molar-refractivity contribution in [3.63, 3.8) is 0 Å². The van der Waals surface area contributed by atoms with E-state index in [0.717, 1.165) is 12.8 Å². The van der Waals surface area contributed by atoms with E-state index in [4.69, 9.17) is 5.11 Å². The van der Waals surface area contributed by atoms with E-state index in [1.54, 1.807) is 0 Å². The highest BCUT2D eigenvalue weighted by Crippen LogP contribution is 2.68. The maximum Gasteiger partial charge on any atom is 0.303 e. The van der Waals surface area contributed by atoms with Crippen LogP contribution < -0.4 is 0 Å². The second kappa shape index (κ2) is 7.66. The van der Waals surface area contributed by atoms with Crippen LogP contribution >= 0.6 is 0 Å². The van der Waals surface area contributed by atoms with Gasteiger partial charge in [-0.15, -0.1) is 0 Å². The fourth-order valence-corrected chi connectivity index (χ4v) is 8.70. The average molecular weight is 441 g/mol. The van der Waals surface area contributed by atoms with Crippen molar-refractivity contribution >= 4 is 5.97 Å². The molecule has 7 nitrogen and oxygen atoms in total. The second-order valence-electron chi connectivity index (χ2n) is 11.8. The second-order valence-corrected chi connectivity index (χ2v) is 11.8. The van der Waals surface area contributed by atoms with Gasteiger partial charge in [0.25, 0.3) is 0 Å². The molecular weight excluding hydrogens is 400 g/mol. The number of aliphatic hydroxyl groups excluding tert-OH is 3. The van der Waals surface area contributed by atoms with Gasteiger partial charge >= 0.3 is 5.97 Å². The Labute approximate surface area is 184 Å². The molecule has 4 fully saturated rings. The maximum absolute atomic E-state index is 11.5. The van der Waals surface area contributed by atoms with Gasteiger partial charge in [0.1, 0.15) is 0 Å². The molecule has 0 bridgehead atoms. The van der Waals surface area contributed by atoms with E-state index in [0.29, 0.717) is 19.3 Å². The van der Waals surface area contributed by atoms with Crippen LogP contribution in [0.25, 0.3) is 0 Å². The van der Waals surface area contributed by atoms with Gasteiger partial charge in [0.2, 0.25) is 0 Å². The molecule has 0 heterocycles. The van der Waals surface area contributed by atoms with Gasteiger partial charge in [-0.1, -0.05) is 20.8 Å². The predicted octanol–water partition coefficient (Wildman–Crippen LogP) is 1.74. The molecule has 7 heteroatoms. The van der Waals surface area contributed by atoms with Crippen LogP contribution in [0.4, 0.5) is 0 Å². The number of carboxylic acids is 1. The molecule has 6 N–H and O–H groups in total. The minimum atomic E-state index is -1.82. The Morgan fingerprint density at radius 1 is 1.00 bits per heavy atom. The van der Waals surface area contributed by atoms with Crippen molar-refractivity contribution in [3.8, 4) is 0 Å². The zero-order chi connectivity index (χ0) is 22.9. The highest BCUT2D eigenvalue weighted by Gasteiger charge is 2.68. The van der Waals surface area contributed by atoms with Crippen LogP contribution in [0.15, 0.2) is 0 Å². The Balaban J connectivity index is 1.65. The van der Waals surface area contributed by atoms with E-state index in [9.17, 15) is 30.3 Å². The fourth-order valence-electron chi connectivity index (χ4n) is 8.70. The third-order valence-corrected chi connectivity index (χ3v) is 10.5. The molecule has 0 aromatic rings. The Kier molecular flexibility index (Phi) is 5.79. The summed E-state index contributed by atoms with van der Waals surface area (Å²) in [6.45, 7) is 6.28. The third kappa shape index (κ3) is 3.46. The van der Waals surface area contributed by atoms with Gasteiger partial charge in [0.05, 0.1) is 18.3 Å². The molecule has 4 aliphatic carbocycles. The summed E-state index contributed by atoms with van der Waals surface area (Å²) in [6.07, 6.45) is 1.24. The van der Waals surface area contributed by atoms with Crippen LogP contribution in [-0.2, 0) is 4.79 Å². The molecule has 178 valence electrons. The van der Waals surface area contributed by atoms with E-state index in [1.165, 1.54) is 0 Å². The molecule has 0 saturated heterocycles. The van der Waals surface area contributed by atoms with Gasteiger partial charge in [-0.05, 0) is 78.4 Å².